The van der Waals surface area contributed by atoms with Crippen LogP contribution in [-0.2, 0) is 6.54 Å². The molecule has 0 saturated carbocycles. The molecule has 0 atom stereocenters. The monoisotopic (exact) mass is 311 g/mol. The first-order valence-corrected chi connectivity index (χ1v) is 6.23. The van der Waals surface area contributed by atoms with Crippen molar-refractivity contribution in [2.45, 2.75) is 6.54 Å². The minimum Gasteiger partial charge on any atom is -0.493 e. The van der Waals surface area contributed by atoms with Crippen LogP contribution in [0.25, 0.3) is 0 Å². The van der Waals surface area contributed by atoms with Crippen LogP contribution in [0, 0.1) is 0 Å². The molecule has 0 spiro atoms. The van der Waals surface area contributed by atoms with Gasteiger partial charge in [-0.2, -0.15) is 5.10 Å². The first-order chi connectivity index (χ1) is 8.70. The Kier molecular flexibility index (Phi) is 4.09. The molecule has 2 rings (SSSR count). The van der Waals surface area contributed by atoms with Gasteiger partial charge in [0.05, 0.1) is 30.0 Å². The van der Waals surface area contributed by atoms with Crippen LogP contribution in [0.3, 0.4) is 0 Å². The lowest BCUT2D eigenvalue weighted by Crippen LogP contribution is -2.09. The topological polar surface area (TPSA) is 62.3 Å². The van der Waals surface area contributed by atoms with E-state index in [0.717, 1.165) is 4.47 Å². The third-order valence-electron chi connectivity index (χ3n) is 2.37. The van der Waals surface area contributed by atoms with Crippen molar-refractivity contribution in [2.24, 2.45) is 0 Å². The molecule has 0 fully saturated rings. The lowest BCUT2D eigenvalue weighted by molar-refractivity contribution is 0.272. The van der Waals surface area contributed by atoms with E-state index in [1.54, 1.807) is 24.2 Å². The van der Waals surface area contributed by atoms with Crippen LogP contribution in [0.15, 0.2) is 35.1 Å². The van der Waals surface area contributed by atoms with Gasteiger partial charge in [-0.25, -0.2) is 0 Å². The quantitative estimate of drug-likeness (QED) is 0.920. The van der Waals surface area contributed by atoms with Crippen LogP contribution < -0.4 is 15.2 Å². The number of nitrogens with zero attached hydrogens (tertiary/aromatic N) is 2. The number of benzene rings is 1. The highest BCUT2D eigenvalue weighted by Crippen LogP contribution is 2.34. The normalized spacial score (nSPS) is 10.3. The van der Waals surface area contributed by atoms with Crippen molar-refractivity contribution < 1.29 is 9.47 Å². The molecule has 0 amide bonds. The molecule has 1 heterocycles. The van der Waals surface area contributed by atoms with Gasteiger partial charge in [0.1, 0.15) is 6.61 Å². The van der Waals surface area contributed by atoms with Crippen LogP contribution in [0.5, 0.6) is 11.5 Å². The smallest absolute Gasteiger partial charge is 0.175 e. The molecule has 0 saturated heterocycles. The molecular formula is C12H14BrN3O2. The molecule has 0 aliphatic rings. The van der Waals surface area contributed by atoms with E-state index in [1.165, 1.54) is 0 Å². The van der Waals surface area contributed by atoms with Gasteiger partial charge in [-0.15, -0.1) is 0 Å². The Bertz CT molecular complexity index is 528. The largest absolute Gasteiger partial charge is 0.493 e. The Morgan fingerprint density at radius 3 is 2.94 bits per heavy atom. The number of anilines is 1. The van der Waals surface area contributed by atoms with Crippen molar-refractivity contribution in [1.82, 2.24) is 9.78 Å². The van der Waals surface area contributed by atoms with Crippen LogP contribution >= 0.6 is 15.9 Å². The summed E-state index contributed by atoms with van der Waals surface area (Å²) in [6.07, 6.45) is 3.37. The van der Waals surface area contributed by atoms with Gasteiger partial charge in [0.25, 0.3) is 0 Å². The molecule has 1 aromatic heterocycles. The van der Waals surface area contributed by atoms with E-state index in [2.05, 4.69) is 21.0 Å². The summed E-state index contributed by atoms with van der Waals surface area (Å²) in [6.45, 7) is 1.11. The zero-order valence-electron chi connectivity index (χ0n) is 9.97. The minimum absolute atomic E-state index is 0.486. The number of nitrogen functional groups attached to an aromatic ring is 1. The van der Waals surface area contributed by atoms with Gasteiger partial charge < -0.3 is 15.2 Å². The second kappa shape index (κ2) is 5.77. The number of para-hydroxylation sites is 1. The van der Waals surface area contributed by atoms with Gasteiger partial charge >= 0.3 is 0 Å². The predicted octanol–water partition coefficient (Wildman–Crippen LogP) is 2.32. The summed E-state index contributed by atoms with van der Waals surface area (Å²) in [7, 11) is 1.61. The number of methoxy groups -OCH3 is 1. The lowest BCUT2D eigenvalue weighted by Gasteiger charge is -2.12. The molecule has 0 aliphatic carbocycles. The van der Waals surface area contributed by atoms with Crippen molar-refractivity contribution in [3.05, 3.63) is 35.1 Å². The van der Waals surface area contributed by atoms with Crippen LogP contribution in [0.1, 0.15) is 0 Å². The zero-order valence-corrected chi connectivity index (χ0v) is 11.6. The van der Waals surface area contributed by atoms with Gasteiger partial charge in [0.15, 0.2) is 11.5 Å². The summed E-state index contributed by atoms with van der Waals surface area (Å²) >= 11 is 3.43. The number of rotatable bonds is 5. The maximum absolute atomic E-state index is 5.70. The Morgan fingerprint density at radius 1 is 1.44 bits per heavy atom. The standard InChI is InChI=1S/C12H14BrN3O2/c1-17-11-4-2-3-10(13)12(11)18-6-5-16-8-9(14)7-15-16/h2-4,7-8H,5-6,14H2,1H3. The average Bonchev–Trinajstić information content (AvgIpc) is 2.77. The van der Waals surface area contributed by atoms with E-state index < -0.39 is 0 Å². The van der Waals surface area contributed by atoms with E-state index in [4.69, 9.17) is 15.2 Å². The number of nitrogens with two attached hydrogens (primary N) is 1. The molecule has 6 heteroatoms. The molecule has 5 nitrogen and oxygen atoms in total. The van der Waals surface area contributed by atoms with Crippen LogP contribution in [0.4, 0.5) is 5.69 Å². The lowest BCUT2D eigenvalue weighted by atomic mass is 10.3. The second-order valence-electron chi connectivity index (χ2n) is 3.66. The van der Waals surface area contributed by atoms with Crippen molar-refractivity contribution in [1.29, 1.82) is 0 Å². The average molecular weight is 312 g/mol. The molecule has 0 aliphatic heterocycles. The molecule has 2 aromatic rings. The number of halogens is 1. The Hall–Kier alpha value is -1.69. The fourth-order valence-electron chi connectivity index (χ4n) is 1.53. The van der Waals surface area contributed by atoms with Gasteiger partial charge in [0.2, 0.25) is 0 Å². The Labute approximate surface area is 114 Å². The summed E-state index contributed by atoms with van der Waals surface area (Å²) in [5.41, 5.74) is 6.23. The maximum atomic E-state index is 5.70. The summed E-state index contributed by atoms with van der Waals surface area (Å²) in [4.78, 5) is 0. The summed E-state index contributed by atoms with van der Waals surface area (Å²) in [5.74, 6) is 1.39. The summed E-state index contributed by atoms with van der Waals surface area (Å²) < 4.78 is 13.5. The van der Waals surface area contributed by atoms with Gasteiger partial charge in [-0.05, 0) is 28.1 Å². The first-order valence-electron chi connectivity index (χ1n) is 5.44. The van der Waals surface area contributed by atoms with Gasteiger partial charge in [-0.1, -0.05) is 6.07 Å². The Morgan fingerprint density at radius 2 is 2.28 bits per heavy atom. The molecule has 2 N–H and O–H groups in total. The highest BCUT2D eigenvalue weighted by Gasteiger charge is 2.08. The molecule has 0 radical (unpaired) electrons. The van der Waals surface area contributed by atoms with E-state index in [9.17, 15) is 0 Å². The SMILES string of the molecule is COc1cccc(Br)c1OCCn1cc(N)cn1. The van der Waals surface area contributed by atoms with E-state index in [0.29, 0.717) is 30.3 Å². The fraction of sp³-hybridized carbons (Fsp3) is 0.250. The van der Waals surface area contributed by atoms with E-state index in [1.807, 2.05) is 18.2 Å². The van der Waals surface area contributed by atoms with Crippen LogP contribution in [0.2, 0.25) is 0 Å². The van der Waals surface area contributed by atoms with Crippen molar-refractivity contribution in [3.8, 4) is 11.5 Å². The number of aromatic nitrogens is 2. The van der Waals surface area contributed by atoms with E-state index >= 15 is 0 Å². The maximum Gasteiger partial charge on any atom is 0.175 e. The highest BCUT2D eigenvalue weighted by molar-refractivity contribution is 9.10. The molecule has 96 valence electrons. The van der Waals surface area contributed by atoms with Crippen LogP contribution in [-0.4, -0.2) is 23.5 Å². The third-order valence-corrected chi connectivity index (χ3v) is 3.00. The molecule has 1 aromatic carbocycles. The summed E-state index contributed by atoms with van der Waals surface area (Å²) in [5, 5.41) is 4.08. The Balaban J connectivity index is 1.98. The molecule has 0 bridgehead atoms. The summed E-state index contributed by atoms with van der Waals surface area (Å²) in [6, 6.07) is 5.65. The molecule has 0 unspecified atom stereocenters. The van der Waals surface area contributed by atoms with Crippen molar-refractivity contribution in [3.63, 3.8) is 0 Å². The van der Waals surface area contributed by atoms with E-state index in [-0.39, 0.29) is 0 Å². The van der Waals surface area contributed by atoms with Crippen molar-refractivity contribution in [2.75, 3.05) is 19.5 Å². The number of hydrogen-bond acceptors (Lipinski definition) is 4. The second-order valence-corrected chi connectivity index (χ2v) is 4.51. The molecule has 18 heavy (non-hydrogen) atoms. The first kappa shape index (κ1) is 12.8. The predicted molar refractivity (Wildman–Crippen MR) is 72.8 cm³/mol. The number of ether oxygens (including phenoxy) is 2. The van der Waals surface area contributed by atoms with Gasteiger partial charge in [0, 0.05) is 6.20 Å². The zero-order chi connectivity index (χ0) is 13.0. The van der Waals surface area contributed by atoms with Gasteiger partial charge in [-0.3, -0.25) is 4.68 Å². The molecular weight excluding hydrogens is 298 g/mol. The third kappa shape index (κ3) is 2.95. The number of hydrogen-bond donors (Lipinski definition) is 1. The highest BCUT2D eigenvalue weighted by atomic mass is 79.9. The minimum atomic E-state index is 0.486. The fourth-order valence-corrected chi connectivity index (χ4v) is 2.00. The van der Waals surface area contributed by atoms with Crippen molar-refractivity contribution >= 4 is 21.6 Å².